The van der Waals surface area contributed by atoms with E-state index in [1.165, 1.54) is 11.8 Å². The lowest BCUT2D eigenvalue weighted by Gasteiger charge is -2.05. The van der Waals surface area contributed by atoms with Gasteiger partial charge in [-0.15, -0.1) is 10.2 Å². The molecular weight excluding hydrogens is 296 g/mol. The van der Waals surface area contributed by atoms with Crippen LogP contribution in [0.2, 0.25) is 0 Å². The van der Waals surface area contributed by atoms with Gasteiger partial charge < -0.3 is 9.30 Å². The van der Waals surface area contributed by atoms with Gasteiger partial charge in [0, 0.05) is 13.2 Å². The summed E-state index contributed by atoms with van der Waals surface area (Å²) in [5.74, 6) is 1.29. The maximum atomic E-state index is 5.66. The van der Waals surface area contributed by atoms with Gasteiger partial charge in [0.25, 0.3) is 0 Å². The number of aromatic nitrogens is 4. The summed E-state index contributed by atoms with van der Waals surface area (Å²) in [7, 11) is 1.93. The van der Waals surface area contributed by atoms with Crippen LogP contribution in [0.25, 0.3) is 11.5 Å². The summed E-state index contributed by atoms with van der Waals surface area (Å²) in [5.41, 5.74) is 1.98. The lowest BCUT2D eigenvalue weighted by molar-refractivity contribution is 0.169. The predicted octanol–water partition coefficient (Wildman–Crippen LogP) is 3.14. The molecule has 0 aliphatic heterocycles. The number of hydrogen-bond acceptors (Lipinski definition) is 5. The third-order valence-electron chi connectivity index (χ3n) is 3.11. The third-order valence-corrected chi connectivity index (χ3v) is 4.01. The van der Waals surface area contributed by atoms with Crippen LogP contribution >= 0.6 is 11.8 Å². The maximum absolute atomic E-state index is 5.66. The van der Waals surface area contributed by atoms with Crippen molar-refractivity contribution in [3.63, 3.8) is 0 Å². The van der Waals surface area contributed by atoms with E-state index in [1.54, 1.807) is 6.20 Å². The third kappa shape index (κ3) is 3.52. The Bertz CT molecular complexity index is 716. The molecule has 0 aliphatic rings. The second kappa shape index (κ2) is 7.20. The zero-order chi connectivity index (χ0) is 15.2. The monoisotopic (exact) mass is 312 g/mol. The highest BCUT2D eigenvalue weighted by molar-refractivity contribution is 7.99. The van der Waals surface area contributed by atoms with Crippen LogP contribution in [0.15, 0.2) is 59.9 Å². The fraction of sp³-hybridized carbons (Fsp3) is 0.188. The van der Waals surface area contributed by atoms with Crippen molar-refractivity contribution in [2.45, 2.75) is 11.8 Å². The fourth-order valence-corrected chi connectivity index (χ4v) is 2.64. The molecule has 0 saturated heterocycles. The lowest BCUT2D eigenvalue weighted by Crippen LogP contribution is -1.98. The van der Waals surface area contributed by atoms with Crippen LogP contribution in [0.3, 0.4) is 0 Å². The first-order valence-corrected chi connectivity index (χ1v) is 7.88. The molecule has 2 heterocycles. The van der Waals surface area contributed by atoms with Gasteiger partial charge >= 0.3 is 0 Å². The van der Waals surface area contributed by atoms with Gasteiger partial charge in [-0.3, -0.25) is 4.98 Å². The quantitative estimate of drug-likeness (QED) is 0.397. The first-order chi connectivity index (χ1) is 10.8. The Morgan fingerprint density at radius 2 is 1.86 bits per heavy atom. The Kier molecular flexibility index (Phi) is 4.82. The standard InChI is InChI=1S/C16H16N4OS/c1-20-15(14-9-5-6-10-17-14)18-19-16(20)22-12-21-11-13-7-3-2-4-8-13/h2-10H,11-12H2,1H3. The van der Waals surface area contributed by atoms with Gasteiger partial charge in [-0.25, -0.2) is 0 Å². The number of pyridine rings is 1. The van der Waals surface area contributed by atoms with Gasteiger partial charge in [-0.05, 0) is 17.7 Å². The highest BCUT2D eigenvalue weighted by atomic mass is 32.2. The number of ether oxygens (including phenoxy) is 1. The molecule has 6 heteroatoms. The molecule has 0 amide bonds. The molecule has 0 aliphatic carbocycles. The molecule has 0 unspecified atom stereocenters. The molecule has 112 valence electrons. The SMILES string of the molecule is Cn1c(SCOCc2ccccc2)nnc1-c1ccccn1. The van der Waals surface area contributed by atoms with E-state index >= 15 is 0 Å². The van der Waals surface area contributed by atoms with E-state index < -0.39 is 0 Å². The van der Waals surface area contributed by atoms with Gasteiger partial charge in [0.05, 0.1) is 6.61 Å². The van der Waals surface area contributed by atoms with Crippen LogP contribution in [-0.2, 0) is 18.4 Å². The molecule has 0 bridgehead atoms. The van der Waals surface area contributed by atoms with Gasteiger partial charge in [-0.2, -0.15) is 0 Å². The summed E-state index contributed by atoms with van der Waals surface area (Å²) in [6.45, 7) is 0.596. The van der Waals surface area contributed by atoms with E-state index in [1.807, 2.05) is 60.1 Å². The summed E-state index contributed by atoms with van der Waals surface area (Å²) in [6, 6.07) is 15.8. The van der Waals surface area contributed by atoms with E-state index in [0.29, 0.717) is 12.5 Å². The number of hydrogen-bond donors (Lipinski definition) is 0. The lowest BCUT2D eigenvalue weighted by atomic mass is 10.2. The summed E-state index contributed by atoms with van der Waals surface area (Å²) in [6.07, 6.45) is 1.75. The van der Waals surface area contributed by atoms with E-state index in [2.05, 4.69) is 15.2 Å². The summed E-state index contributed by atoms with van der Waals surface area (Å²) in [4.78, 5) is 4.30. The zero-order valence-electron chi connectivity index (χ0n) is 12.2. The van der Waals surface area contributed by atoms with Crippen molar-refractivity contribution in [3.8, 4) is 11.5 Å². The Morgan fingerprint density at radius 1 is 1.05 bits per heavy atom. The molecule has 0 fully saturated rings. The minimum atomic E-state index is 0.531. The van der Waals surface area contributed by atoms with Crippen LogP contribution in [0.4, 0.5) is 0 Å². The van der Waals surface area contributed by atoms with E-state index in [0.717, 1.165) is 22.2 Å². The molecule has 0 N–H and O–H groups in total. The fourth-order valence-electron chi connectivity index (χ4n) is 1.99. The second-order valence-corrected chi connectivity index (χ2v) is 5.57. The van der Waals surface area contributed by atoms with E-state index in [9.17, 15) is 0 Å². The number of rotatable bonds is 6. The molecular formula is C16H16N4OS. The highest BCUT2D eigenvalue weighted by Crippen LogP contribution is 2.21. The smallest absolute Gasteiger partial charge is 0.193 e. The zero-order valence-corrected chi connectivity index (χ0v) is 13.0. The molecule has 22 heavy (non-hydrogen) atoms. The summed E-state index contributed by atoms with van der Waals surface area (Å²) < 4.78 is 7.59. The molecule has 5 nitrogen and oxygen atoms in total. The number of thioether (sulfide) groups is 1. The summed E-state index contributed by atoms with van der Waals surface area (Å²) in [5, 5.41) is 9.20. The largest absolute Gasteiger partial charge is 0.366 e. The van der Waals surface area contributed by atoms with Crippen LogP contribution in [-0.4, -0.2) is 25.7 Å². The predicted molar refractivity (Wildman–Crippen MR) is 86.2 cm³/mol. The highest BCUT2D eigenvalue weighted by Gasteiger charge is 2.11. The molecule has 0 radical (unpaired) electrons. The maximum Gasteiger partial charge on any atom is 0.193 e. The Labute approximate surface area is 133 Å². The average Bonchev–Trinajstić information content (AvgIpc) is 2.94. The van der Waals surface area contributed by atoms with Crippen molar-refractivity contribution in [1.29, 1.82) is 0 Å². The molecule has 0 spiro atoms. The molecule has 3 aromatic rings. The average molecular weight is 312 g/mol. The van der Waals surface area contributed by atoms with E-state index in [-0.39, 0.29) is 0 Å². The molecule has 2 aromatic heterocycles. The van der Waals surface area contributed by atoms with Crippen LogP contribution in [0.1, 0.15) is 5.56 Å². The van der Waals surface area contributed by atoms with Gasteiger partial charge in [-0.1, -0.05) is 48.2 Å². The number of nitrogens with zero attached hydrogens (tertiary/aromatic N) is 4. The topological polar surface area (TPSA) is 52.8 Å². The Morgan fingerprint density at radius 3 is 2.64 bits per heavy atom. The first kappa shape index (κ1) is 14.7. The van der Waals surface area contributed by atoms with Crippen molar-refractivity contribution in [2.24, 2.45) is 7.05 Å². The summed E-state index contributed by atoms with van der Waals surface area (Å²) >= 11 is 1.52. The minimum absolute atomic E-state index is 0.531. The second-order valence-electron chi connectivity index (χ2n) is 4.68. The van der Waals surface area contributed by atoms with Crippen molar-refractivity contribution in [3.05, 3.63) is 60.3 Å². The van der Waals surface area contributed by atoms with Gasteiger partial charge in [0.15, 0.2) is 11.0 Å². The van der Waals surface area contributed by atoms with Crippen LogP contribution in [0, 0.1) is 0 Å². The first-order valence-electron chi connectivity index (χ1n) is 6.90. The minimum Gasteiger partial charge on any atom is -0.366 e. The van der Waals surface area contributed by atoms with Crippen molar-refractivity contribution in [1.82, 2.24) is 19.7 Å². The molecule has 1 aromatic carbocycles. The van der Waals surface area contributed by atoms with E-state index in [4.69, 9.17) is 4.74 Å². The van der Waals surface area contributed by atoms with Crippen LogP contribution < -0.4 is 0 Å². The van der Waals surface area contributed by atoms with Crippen molar-refractivity contribution < 1.29 is 4.74 Å². The molecule has 0 atom stereocenters. The Hall–Kier alpha value is -2.18. The van der Waals surface area contributed by atoms with Gasteiger partial charge in [0.1, 0.15) is 11.6 Å². The van der Waals surface area contributed by atoms with Gasteiger partial charge in [0.2, 0.25) is 0 Å². The van der Waals surface area contributed by atoms with Crippen molar-refractivity contribution >= 4 is 11.8 Å². The molecule has 3 rings (SSSR count). The number of benzene rings is 1. The molecule has 0 saturated carbocycles. The normalized spacial score (nSPS) is 10.8. The Balaban J connectivity index is 1.57. The van der Waals surface area contributed by atoms with Crippen molar-refractivity contribution in [2.75, 3.05) is 5.94 Å². The van der Waals surface area contributed by atoms with Crippen LogP contribution in [0.5, 0.6) is 0 Å².